The van der Waals surface area contributed by atoms with Crippen molar-refractivity contribution in [1.82, 2.24) is 9.97 Å². The van der Waals surface area contributed by atoms with Crippen LogP contribution in [-0.4, -0.2) is 21.6 Å². The average molecular weight is 363 g/mol. The Bertz CT molecular complexity index is 661. The third kappa shape index (κ3) is 4.01. The zero-order valence-electron chi connectivity index (χ0n) is 10.9. The molecular formula is C13H10Cl3N3OS. The first-order valence-electron chi connectivity index (χ1n) is 5.93. The molecule has 1 heterocycles. The van der Waals surface area contributed by atoms with Crippen molar-refractivity contribution in [2.45, 2.75) is 12.1 Å². The van der Waals surface area contributed by atoms with E-state index in [0.29, 0.717) is 20.9 Å². The van der Waals surface area contributed by atoms with E-state index in [0.717, 1.165) is 5.75 Å². The summed E-state index contributed by atoms with van der Waals surface area (Å²) in [4.78, 5) is 20.5. The summed E-state index contributed by atoms with van der Waals surface area (Å²) in [5.41, 5.74) is 0.406. The molecule has 1 aromatic heterocycles. The SMILES string of the molecule is CCSc1ncc(Cl)c(C(=O)Nc2c(Cl)cccc2Cl)n1. The maximum absolute atomic E-state index is 12.3. The van der Waals surface area contributed by atoms with Crippen LogP contribution in [0.25, 0.3) is 0 Å². The molecule has 0 unspecified atom stereocenters. The number of hydrogen-bond acceptors (Lipinski definition) is 4. The number of para-hydroxylation sites is 1. The van der Waals surface area contributed by atoms with E-state index in [1.807, 2.05) is 6.92 Å². The summed E-state index contributed by atoms with van der Waals surface area (Å²) >= 11 is 19.4. The van der Waals surface area contributed by atoms with Gasteiger partial charge in [0.05, 0.1) is 27.0 Å². The lowest BCUT2D eigenvalue weighted by molar-refractivity contribution is 0.102. The fraction of sp³-hybridized carbons (Fsp3) is 0.154. The minimum atomic E-state index is -0.490. The first-order valence-corrected chi connectivity index (χ1v) is 8.05. The Labute approximate surface area is 141 Å². The smallest absolute Gasteiger partial charge is 0.276 e. The molecule has 0 saturated carbocycles. The summed E-state index contributed by atoms with van der Waals surface area (Å²) in [5, 5.41) is 3.94. The molecule has 0 aliphatic heterocycles. The number of benzene rings is 1. The molecule has 0 bridgehead atoms. The first kappa shape index (κ1) is 16.4. The number of hydrogen-bond donors (Lipinski definition) is 1. The Kier molecular flexibility index (Phi) is 5.70. The third-order valence-electron chi connectivity index (χ3n) is 2.41. The van der Waals surface area contributed by atoms with Crippen molar-refractivity contribution in [3.63, 3.8) is 0 Å². The largest absolute Gasteiger partial charge is 0.318 e. The van der Waals surface area contributed by atoms with Crippen LogP contribution in [0.1, 0.15) is 17.4 Å². The van der Waals surface area contributed by atoms with Crippen LogP contribution in [0.5, 0.6) is 0 Å². The Hall–Kier alpha value is -1.01. The summed E-state index contributed by atoms with van der Waals surface area (Å²) in [6.45, 7) is 1.96. The lowest BCUT2D eigenvalue weighted by atomic mass is 10.3. The molecule has 0 spiro atoms. The zero-order valence-corrected chi connectivity index (χ0v) is 13.9. The Morgan fingerprint density at radius 3 is 2.52 bits per heavy atom. The van der Waals surface area contributed by atoms with Crippen LogP contribution in [0.4, 0.5) is 5.69 Å². The second-order valence-corrected chi connectivity index (χ2v) is 6.29. The normalized spacial score (nSPS) is 10.5. The van der Waals surface area contributed by atoms with E-state index in [4.69, 9.17) is 34.8 Å². The van der Waals surface area contributed by atoms with E-state index < -0.39 is 5.91 Å². The molecule has 0 atom stereocenters. The van der Waals surface area contributed by atoms with Gasteiger partial charge >= 0.3 is 0 Å². The highest BCUT2D eigenvalue weighted by Crippen LogP contribution is 2.30. The number of anilines is 1. The van der Waals surface area contributed by atoms with Crippen molar-refractivity contribution in [2.75, 3.05) is 11.1 Å². The van der Waals surface area contributed by atoms with Gasteiger partial charge in [-0.3, -0.25) is 4.79 Å². The van der Waals surface area contributed by atoms with Crippen LogP contribution in [0, 0.1) is 0 Å². The van der Waals surface area contributed by atoms with Crippen molar-refractivity contribution in [3.05, 3.63) is 45.2 Å². The molecule has 0 fully saturated rings. The van der Waals surface area contributed by atoms with Gasteiger partial charge in [0.1, 0.15) is 0 Å². The van der Waals surface area contributed by atoms with Gasteiger partial charge in [0, 0.05) is 0 Å². The van der Waals surface area contributed by atoms with E-state index >= 15 is 0 Å². The number of carbonyl (C=O) groups excluding carboxylic acids is 1. The summed E-state index contributed by atoms with van der Waals surface area (Å²) in [7, 11) is 0. The lowest BCUT2D eigenvalue weighted by Crippen LogP contribution is -2.15. The first-order chi connectivity index (χ1) is 10.0. The van der Waals surface area contributed by atoms with Gasteiger partial charge in [-0.1, -0.05) is 59.6 Å². The third-order valence-corrected chi connectivity index (χ3v) is 4.06. The molecule has 2 rings (SSSR count). The topological polar surface area (TPSA) is 54.9 Å². The molecule has 0 saturated heterocycles. The Morgan fingerprint density at radius 2 is 1.90 bits per heavy atom. The molecule has 2 aromatic rings. The molecule has 0 radical (unpaired) electrons. The van der Waals surface area contributed by atoms with Crippen LogP contribution in [0.3, 0.4) is 0 Å². The second kappa shape index (κ2) is 7.31. The highest BCUT2D eigenvalue weighted by atomic mass is 35.5. The number of halogens is 3. The number of thioether (sulfide) groups is 1. The van der Waals surface area contributed by atoms with Crippen molar-refractivity contribution >= 4 is 58.2 Å². The van der Waals surface area contributed by atoms with Crippen molar-refractivity contribution < 1.29 is 4.79 Å². The molecule has 1 N–H and O–H groups in total. The van der Waals surface area contributed by atoms with E-state index in [2.05, 4.69) is 15.3 Å². The fourth-order valence-electron chi connectivity index (χ4n) is 1.50. The predicted octanol–water partition coefficient (Wildman–Crippen LogP) is 4.80. The number of nitrogens with one attached hydrogen (secondary N) is 1. The van der Waals surface area contributed by atoms with Crippen molar-refractivity contribution in [3.8, 4) is 0 Å². The summed E-state index contributed by atoms with van der Waals surface area (Å²) in [5.74, 6) is 0.300. The predicted molar refractivity (Wildman–Crippen MR) is 87.9 cm³/mol. The van der Waals surface area contributed by atoms with Gasteiger partial charge < -0.3 is 5.32 Å². The molecule has 4 nitrogen and oxygen atoms in total. The monoisotopic (exact) mass is 361 g/mol. The number of aromatic nitrogens is 2. The number of amides is 1. The van der Waals surface area contributed by atoms with Gasteiger partial charge in [-0.25, -0.2) is 9.97 Å². The minimum absolute atomic E-state index is 0.0820. The number of nitrogens with zero attached hydrogens (tertiary/aromatic N) is 2. The molecule has 1 aromatic carbocycles. The molecule has 0 aliphatic rings. The Balaban J connectivity index is 2.30. The van der Waals surface area contributed by atoms with E-state index in [1.54, 1.807) is 18.2 Å². The maximum atomic E-state index is 12.3. The van der Waals surface area contributed by atoms with E-state index in [-0.39, 0.29) is 10.7 Å². The van der Waals surface area contributed by atoms with Gasteiger partial charge in [-0.15, -0.1) is 0 Å². The van der Waals surface area contributed by atoms with Crippen LogP contribution in [0.15, 0.2) is 29.6 Å². The lowest BCUT2D eigenvalue weighted by Gasteiger charge is -2.10. The van der Waals surface area contributed by atoms with Gasteiger partial charge in [-0.05, 0) is 17.9 Å². The highest BCUT2D eigenvalue weighted by molar-refractivity contribution is 7.99. The van der Waals surface area contributed by atoms with Gasteiger partial charge in [0.25, 0.3) is 5.91 Å². The van der Waals surface area contributed by atoms with Crippen LogP contribution >= 0.6 is 46.6 Å². The second-order valence-electron chi connectivity index (χ2n) is 3.83. The fourth-order valence-corrected chi connectivity index (χ4v) is 2.71. The quantitative estimate of drug-likeness (QED) is 0.627. The molecule has 1 amide bonds. The molecule has 110 valence electrons. The van der Waals surface area contributed by atoms with Crippen molar-refractivity contribution in [2.24, 2.45) is 0 Å². The zero-order chi connectivity index (χ0) is 15.4. The number of rotatable bonds is 4. The summed E-state index contributed by atoms with van der Waals surface area (Å²) in [6, 6.07) is 4.94. The Morgan fingerprint density at radius 1 is 1.24 bits per heavy atom. The molecule has 0 aliphatic carbocycles. The molecular weight excluding hydrogens is 353 g/mol. The van der Waals surface area contributed by atoms with Crippen LogP contribution in [-0.2, 0) is 0 Å². The van der Waals surface area contributed by atoms with E-state index in [9.17, 15) is 4.79 Å². The van der Waals surface area contributed by atoms with Crippen molar-refractivity contribution in [1.29, 1.82) is 0 Å². The minimum Gasteiger partial charge on any atom is -0.318 e. The van der Waals surface area contributed by atoms with E-state index in [1.165, 1.54) is 18.0 Å². The van der Waals surface area contributed by atoms with Gasteiger partial charge in [-0.2, -0.15) is 0 Å². The molecule has 8 heteroatoms. The van der Waals surface area contributed by atoms with Crippen LogP contribution in [0.2, 0.25) is 15.1 Å². The number of carbonyl (C=O) groups is 1. The average Bonchev–Trinajstić information content (AvgIpc) is 2.45. The van der Waals surface area contributed by atoms with Crippen LogP contribution < -0.4 is 5.32 Å². The molecule has 21 heavy (non-hydrogen) atoms. The summed E-state index contributed by atoms with van der Waals surface area (Å²) < 4.78 is 0. The summed E-state index contributed by atoms with van der Waals surface area (Å²) in [6.07, 6.45) is 1.40. The van der Waals surface area contributed by atoms with Gasteiger partial charge in [0.15, 0.2) is 10.9 Å². The maximum Gasteiger partial charge on any atom is 0.276 e. The standard InChI is InChI=1S/C13H10Cl3N3OS/c1-2-21-13-17-6-9(16)11(19-13)12(20)18-10-7(14)4-3-5-8(10)15/h3-6H,2H2,1H3,(H,18,20). The van der Waals surface area contributed by atoms with Gasteiger partial charge in [0.2, 0.25) is 0 Å². The highest BCUT2D eigenvalue weighted by Gasteiger charge is 2.17.